The van der Waals surface area contributed by atoms with E-state index in [2.05, 4.69) is 31.9 Å². The van der Waals surface area contributed by atoms with Crippen molar-refractivity contribution in [2.45, 2.75) is 29.8 Å². The molecule has 0 atom stereocenters. The number of aryl methyl sites for hydroxylation is 1. The van der Waals surface area contributed by atoms with E-state index in [0.717, 1.165) is 34.7 Å². The minimum atomic E-state index is -5.56. The van der Waals surface area contributed by atoms with Crippen LogP contribution in [0.4, 0.5) is 8.78 Å². The molecule has 2 N–H and O–H groups in total. The average molecular weight is 530 g/mol. The molecule has 0 spiro atoms. The van der Waals surface area contributed by atoms with E-state index in [9.17, 15) is 13.3 Å². The molecule has 0 amide bonds. The lowest BCUT2D eigenvalue weighted by atomic mass is 10.1. The molecule has 3 nitrogen and oxygen atoms in total. The topological polar surface area (TPSA) is 57.5 Å². The molecule has 0 aromatic heterocycles. The van der Waals surface area contributed by atoms with Gasteiger partial charge in [-0.15, -0.1) is 11.8 Å². The van der Waals surface area contributed by atoms with Crippen molar-refractivity contribution < 1.29 is 23.1 Å². The molecule has 2 aromatic rings. The van der Waals surface area contributed by atoms with Crippen LogP contribution < -0.4 is 0 Å². The molecule has 142 valence electrons. The van der Waals surface area contributed by atoms with Gasteiger partial charge in [0.25, 0.3) is 0 Å². The largest absolute Gasteiger partial charge is 0.399 e. The molecule has 0 bridgehead atoms. The fraction of sp³-hybridized carbons (Fsp3) is 0.294. The van der Waals surface area contributed by atoms with Crippen LogP contribution in [0.15, 0.2) is 56.3 Å². The summed E-state index contributed by atoms with van der Waals surface area (Å²) in [5, 5.41) is 0. The van der Waals surface area contributed by atoms with Crippen LogP contribution in [0.2, 0.25) is 0 Å². The zero-order chi connectivity index (χ0) is 19.4. The van der Waals surface area contributed by atoms with Crippen LogP contribution in [0.1, 0.15) is 24.0 Å². The average Bonchev–Trinajstić information content (AvgIpc) is 2.55. The molecule has 9 heteroatoms. The molecule has 0 unspecified atom stereocenters. The van der Waals surface area contributed by atoms with Gasteiger partial charge in [-0.05, 0) is 60.9 Å². The van der Waals surface area contributed by atoms with Crippen molar-refractivity contribution in [2.24, 2.45) is 0 Å². The Morgan fingerprint density at radius 1 is 1.04 bits per heavy atom. The lowest BCUT2D eigenvalue weighted by Crippen LogP contribution is -2.14. The first kappa shape index (κ1) is 22.1. The maximum Gasteiger partial charge on any atom is 0.399 e. The Labute approximate surface area is 172 Å². The van der Waals surface area contributed by atoms with Gasteiger partial charge in [0.05, 0.1) is 0 Å². The molecule has 0 fully saturated rings. The summed E-state index contributed by atoms with van der Waals surface area (Å²) in [5.74, 6) is 0.956. The molecule has 0 aliphatic carbocycles. The SMILES string of the molecule is O=P(O)(O)C(F)(F)c1ccc(CCCCSc2ccc(Br)cc2)cc1Br. The highest BCUT2D eigenvalue weighted by molar-refractivity contribution is 9.10. The minimum absolute atomic E-state index is 0.00700. The Morgan fingerprint density at radius 2 is 1.69 bits per heavy atom. The van der Waals surface area contributed by atoms with Crippen LogP contribution in [0.25, 0.3) is 0 Å². The Hall–Kier alpha value is -0.240. The summed E-state index contributed by atoms with van der Waals surface area (Å²) in [6, 6.07) is 12.2. The van der Waals surface area contributed by atoms with Crippen LogP contribution in [-0.4, -0.2) is 15.5 Å². The smallest absolute Gasteiger partial charge is 0.320 e. The number of hydrogen-bond acceptors (Lipinski definition) is 2. The van der Waals surface area contributed by atoms with Gasteiger partial charge in [0, 0.05) is 19.4 Å². The van der Waals surface area contributed by atoms with Gasteiger partial charge in [-0.25, -0.2) is 0 Å². The monoisotopic (exact) mass is 528 g/mol. The Morgan fingerprint density at radius 3 is 2.27 bits per heavy atom. The van der Waals surface area contributed by atoms with E-state index in [1.165, 1.54) is 17.0 Å². The second-order valence-electron chi connectivity index (χ2n) is 5.66. The molecule has 2 rings (SSSR count). The summed E-state index contributed by atoms with van der Waals surface area (Å²) >= 11 is 8.16. The van der Waals surface area contributed by atoms with Gasteiger partial charge in [-0.1, -0.05) is 44.0 Å². The van der Waals surface area contributed by atoms with Crippen molar-refractivity contribution in [3.8, 4) is 0 Å². The predicted octanol–water partition coefficient (Wildman–Crippen LogP) is 6.55. The molecule has 0 radical (unpaired) electrons. The summed E-state index contributed by atoms with van der Waals surface area (Å²) in [7, 11) is -5.56. The van der Waals surface area contributed by atoms with Crippen molar-refractivity contribution in [1.82, 2.24) is 0 Å². The Balaban J connectivity index is 1.86. The molecule has 0 aliphatic heterocycles. The number of halogens is 4. The summed E-state index contributed by atoms with van der Waals surface area (Å²) in [5.41, 5.74) is -4.05. The highest BCUT2D eigenvalue weighted by Crippen LogP contribution is 2.60. The Bertz CT molecular complexity index is 797. The first-order valence-electron chi connectivity index (χ1n) is 7.72. The summed E-state index contributed by atoms with van der Waals surface area (Å²) < 4.78 is 39.6. The van der Waals surface area contributed by atoms with E-state index in [4.69, 9.17) is 9.79 Å². The van der Waals surface area contributed by atoms with E-state index in [1.54, 1.807) is 11.8 Å². The van der Waals surface area contributed by atoms with Gasteiger partial charge in [-0.3, -0.25) is 4.57 Å². The van der Waals surface area contributed by atoms with Gasteiger partial charge in [0.1, 0.15) is 0 Å². The maximum atomic E-state index is 13.8. The van der Waals surface area contributed by atoms with Gasteiger partial charge in [0.2, 0.25) is 0 Å². The number of unbranched alkanes of at least 4 members (excludes halogenated alkanes) is 1. The molecule has 0 saturated heterocycles. The second-order valence-corrected chi connectivity index (χ2v) is 10.2. The van der Waals surface area contributed by atoms with Crippen LogP contribution in [0, 0.1) is 0 Å². The third-order valence-corrected chi connectivity index (χ3v) is 6.92. The Kier molecular flexibility index (Phi) is 7.89. The molecular formula is C17H17Br2F2O3PS. The number of alkyl halides is 2. The minimum Gasteiger partial charge on any atom is -0.320 e. The molecule has 0 saturated carbocycles. The number of hydrogen-bond donors (Lipinski definition) is 2. The number of benzene rings is 2. The highest BCUT2D eigenvalue weighted by atomic mass is 79.9. The molecule has 26 heavy (non-hydrogen) atoms. The lowest BCUT2D eigenvalue weighted by molar-refractivity contribution is 0.0557. The third-order valence-electron chi connectivity index (χ3n) is 3.67. The molecule has 0 heterocycles. The van der Waals surface area contributed by atoms with Crippen LogP contribution in [0.5, 0.6) is 0 Å². The number of rotatable bonds is 8. The summed E-state index contributed by atoms with van der Waals surface area (Å²) in [4.78, 5) is 18.9. The summed E-state index contributed by atoms with van der Waals surface area (Å²) in [6.07, 6.45) is 2.57. The first-order chi connectivity index (χ1) is 12.1. The molecule has 0 aliphatic rings. The first-order valence-corrected chi connectivity index (χ1v) is 11.9. The molecule has 2 aromatic carbocycles. The van der Waals surface area contributed by atoms with Crippen LogP contribution in [-0.2, 0) is 16.6 Å². The predicted molar refractivity (Wildman–Crippen MR) is 108 cm³/mol. The standard InChI is InChI=1S/C17H17Br2F2O3PS/c18-13-5-7-14(8-6-13)26-10-2-1-3-12-4-9-15(16(19)11-12)17(20,21)25(22,23)24/h4-9,11H,1-3,10H2,(H2,22,23,24). The quantitative estimate of drug-likeness (QED) is 0.231. The van der Waals surface area contributed by atoms with Gasteiger partial charge < -0.3 is 9.79 Å². The second kappa shape index (κ2) is 9.30. The van der Waals surface area contributed by atoms with E-state index < -0.39 is 18.8 Å². The van der Waals surface area contributed by atoms with E-state index in [-0.39, 0.29) is 4.47 Å². The summed E-state index contributed by atoms with van der Waals surface area (Å²) in [6.45, 7) is 0. The van der Waals surface area contributed by atoms with Gasteiger partial charge >= 0.3 is 13.3 Å². The molecular weight excluding hydrogens is 513 g/mol. The number of thioether (sulfide) groups is 1. The van der Waals surface area contributed by atoms with Crippen LogP contribution >= 0.6 is 51.2 Å². The van der Waals surface area contributed by atoms with Crippen molar-refractivity contribution >= 4 is 51.2 Å². The maximum absolute atomic E-state index is 13.8. The van der Waals surface area contributed by atoms with Crippen molar-refractivity contribution in [1.29, 1.82) is 0 Å². The van der Waals surface area contributed by atoms with E-state index in [1.807, 2.05) is 24.3 Å². The third kappa shape index (κ3) is 5.88. The van der Waals surface area contributed by atoms with E-state index in [0.29, 0.717) is 6.42 Å². The highest BCUT2D eigenvalue weighted by Gasteiger charge is 2.51. The van der Waals surface area contributed by atoms with E-state index >= 15 is 0 Å². The van der Waals surface area contributed by atoms with Gasteiger partial charge in [-0.2, -0.15) is 8.78 Å². The van der Waals surface area contributed by atoms with Crippen molar-refractivity contribution in [3.63, 3.8) is 0 Å². The fourth-order valence-electron chi connectivity index (χ4n) is 2.27. The normalized spacial score (nSPS) is 12.4. The van der Waals surface area contributed by atoms with Gasteiger partial charge in [0.15, 0.2) is 0 Å². The zero-order valence-corrected chi connectivity index (χ0v) is 18.4. The van der Waals surface area contributed by atoms with Crippen molar-refractivity contribution in [2.75, 3.05) is 5.75 Å². The van der Waals surface area contributed by atoms with Crippen molar-refractivity contribution in [3.05, 3.63) is 62.5 Å². The van der Waals surface area contributed by atoms with Crippen LogP contribution in [0.3, 0.4) is 0 Å². The zero-order valence-electron chi connectivity index (χ0n) is 13.5. The lowest BCUT2D eigenvalue weighted by Gasteiger charge is -2.19. The fourth-order valence-corrected chi connectivity index (χ4v) is 4.78.